The number of nitrogens with zero attached hydrogens (tertiary/aromatic N) is 1. The highest BCUT2D eigenvalue weighted by molar-refractivity contribution is 6.30. The van der Waals surface area contributed by atoms with Gasteiger partial charge in [0.15, 0.2) is 0 Å². The van der Waals surface area contributed by atoms with Gasteiger partial charge in [0.25, 0.3) is 0 Å². The largest absolute Gasteiger partial charge is 0.343 e. The molecule has 0 aliphatic heterocycles. The first kappa shape index (κ1) is 14.0. The number of hydrogen-bond acceptors (Lipinski definition) is 1. The van der Waals surface area contributed by atoms with Crippen LogP contribution in [0.3, 0.4) is 0 Å². The maximum atomic E-state index is 12.0. The number of unbranched alkanes of at least 4 members (excludes halogenated alkanes) is 1. The number of carbonyl (C=O) groups is 1. The molecule has 1 amide bonds. The Balaban J connectivity index is 2.54. The highest BCUT2D eigenvalue weighted by atomic mass is 35.5. The van der Waals surface area contributed by atoms with Gasteiger partial charge in [0.2, 0.25) is 5.91 Å². The standard InChI is InChI=1S/C14H20ClNO/c1-3-5-10-16(4-2)14(17)11-12-6-8-13(15)9-7-12/h6-9H,3-5,10-11H2,1-2H3. The molecule has 0 bridgehead atoms. The number of hydrogen-bond donors (Lipinski definition) is 0. The SMILES string of the molecule is CCCCN(CC)C(=O)Cc1ccc(Cl)cc1. The summed E-state index contributed by atoms with van der Waals surface area (Å²) >= 11 is 5.81. The fraction of sp³-hybridized carbons (Fsp3) is 0.500. The molecule has 0 atom stereocenters. The van der Waals surface area contributed by atoms with Crippen molar-refractivity contribution >= 4 is 17.5 Å². The van der Waals surface area contributed by atoms with E-state index >= 15 is 0 Å². The summed E-state index contributed by atoms with van der Waals surface area (Å²) in [6, 6.07) is 7.47. The van der Waals surface area contributed by atoms with Crippen LogP contribution in [0.4, 0.5) is 0 Å². The predicted molar refractivity (Wildman–Crippen MR) is 72.3 cm³/mol. The van der Waals surface area contributed by atoms with Crippen molar-refractivity contribution < 1.29 is 4.79 Å². The van der Waals surface area contributed by atoms with E-state index in [0.717, 1.165) is 31.5 Å². The zero-order valence-corrected chi connectivity index (χ0v) is 11.3. The van der Waals surface area contributed by atoms with Gasteiger partial charge in [0, 0.05) is 18.1 Å². The summed E-state index contributed by atoms with van der Waals surface area (Å²) in [5.41, 5.74) is 1.02. The van der Waals surface area contributed by atoms with Crippen LogP contribution < -0.4 is 0 Å². The van der Waals surface area contributed by atoms with Crippen LogP contribution in [-0.4, -0.2) is 23.9 Å². The van der Waals surface area contributed by atoms with E-state index in [9.17, 15) is 4.79 Å². The second-order valence-corrected chi connectivity index (χ2v) is 4.57. The highest BCUT2D eigenvalue weighted by Gasteiger charge is 2.11. The van der Waals surface area contributed by atoms with E-state index in [-0.39, 0.29) is 5.91 Å². The number of carbonyl (C=O) groups excluding carboxylic acids is 1. The third-order valence-electron chi connectivity index (χ3n) is 2.78. The van der Waals surface area contributed by atoms with Crippen LogP contribution in [0.15, 0.2) is 24.3 Å². The molecule has 0 fully saturated rings. The Hall–Kier alpha value is -1.02. The molecule has 0 unspecified atom stereocenters. The van der Waals surface area contributed by atoms with E-state index in [1.807, 2.05) is 36.1 Å². The Labute approximate surface area is 109 Å². The third kappa shape index (κ3) is 4.78. The summed E-state index contributed by atoms with van der Waals surface area (Å²) in [4.78, 5) is 13.9. The average Bonchev–Trinajstić information content (AvgIpc) is 2.33. The predicted octanol–water partition coefficient (Wildman–Crippen LogP) is 3.53. The average molecular weight is 254 g/mol. The number of rotatable bonds is 6. The van der Waals surface area contributed by atoms with Crippen molar-refractivity contribution in [2.24, 2.45) is 0 Å². The number of benzene rings is 1. The monoisotopic (exact) mass is 253 g/mol. The van der Waals surface area contributed by atoms with Gasteiger partial charge >= 0.3 is 0 Å². The van der Waals surface area contributed by atoms with Crippen molar-refractivity contribution in [2.75, 3.05) is 13.1 Å². The van der Waals surface area contributed by atoms with E-state index < -0.39 is 0 Å². The molecule has 0 N–H and O–H groups in total. The van der Waals surface area contributed by atoms with Gasteiger partial charge in [-0.1, -0.05) is 37.1 Å². The zero-order chi connectivity index (χ0) is 12.7. The van der Waals surface area contributed by atoms with Crippen LogP contribution >= 0.6 is 11.6 Å². The molecule has 0 saturated heterocycles. The lowest BCUT2D eigenvalue weighted by Crippen LogP contribution is -2.32. The van der Waals surface area contributed by atoms with Crippen LogP contribution in [-0.2, 0) is 11.2 Å². The Bertz CT molecular complexity index is 348. The van der Waals surface area contributed by atoms with Crippen molar-refractivity contribution in [3.63, 3.8) is 0 Å². The fourth-order valence-electron chi connectivity index (χ4n) is 1.70. The number of halogens is 1. The van der Waals surface area contributed by atoms with Crippen LogP contribution in [0.1, 0.15) is 32.3 Å². The maximum Gasteiger partial charge on any atom is 0.226 e. The van der Waals surface area contributed by atoms with Gasteiger partial charge < -0.3 is 4.90 Å². The molecule has 0 aromatic heterocycles. The number of likely N-dealkylation sites (N-methyl/N-ethyl adjacent to an activating group) is 1. The summed E-state index contributed by atoms with van der Waals surface area (Å²) in [5, 5.41) is 0.708. The lowest BCUT2D eigenvalue weighted by Gasteiger charge is -2.20. The molecule has 2 nitrogen and oxygen atoms in total. The molecule has 94 valence electrons. The van der Waals surface area contributed by atoms with Gasteiger partial charge in [-0.2, -0.15) is 0 Å². The Morgan fingerprint density at radius 1 is 1.24 bits per heavy atom. The summed E-state index contributed by atoms with van der Waals surface area (Å²) in [6.45, 7) is 5.80. The Morgan fingerprint density at radius 2 is 1.88 bits per heavy atom. The molecule has 1 rings (SSSR count). The molecule has 0 spiro atoms. The quantitative estimate of drug-likeness (QED) is 0.760. The second kappa shape index (κ2) is 7.33. The van der Waals surface area contributed by atoms with Gasteiger partial charge in [0.05, 0.1) is 6.42 Å². The minimum atomic E-state index is 0.197. The van der Waals surface area contributed by atoms with Gasteiger partial charge in [-0.05, 0) is 31.0 Å². The van der Waals surface area contributed by atoms with Crippen molar-refractivity contribution in [2.45, 2.75) is 33.1 Å². The third-order valence-corrected chi connectivity index (χ3v) is 3.04. The molecule has 0 saturated carbocycles. The van der Waals surface area contributed by atoms with Crippen molar-refractivity contribution in [1.82, 2.24) is 4.90 Å². The molecular formula is C14H20ClNO. The van der Waals surface area contributed by atoms with Crippen LogP contribution in [0.25, 0.3) is 0 Å². The highest BCUT2D eigenvalue weighted by Crippen LogP contribution is 2.11. The fourth-order valence-corrected chi connectivity index (χ4v) is 1.82. The lowest BCUT2D eigenvalue weighted by molar-refractivity contribution is -0.130. The van der Waals surface area contributed by atoms with Gasteiger partial charge in [-0.3, -0.25) is 4.79 Å². The Morgan fingerprint density at radius 3 is 2.41 bits per heavy atom. The smallest absolute Gasteiger partial charge is 0.226 e. The second-order valence-electron chi connectivity index (χ2n) is 4.13. The first-order chi connectivity index (χ1) is 8.17. The molecule has 0 radical (unpaired) electrons. The van der Waals surface area contributed by atoms with Gasteiger partial charge in [0.1, 0.15) is 0 Å². The lowest BCUT2D eigenvalue weighted by atomic mass is 10.1. The van der Waals surface area contributed by atoms with E-state index in [0.29, 0.717) is 11.4 Å². The summed E-state index contributed by atoms with van der Waals surface area (Å²) in [7, 11) is 0. The summed E-state index contributed by atoms with van der Waals surface area (Å²) < 4.78 is 0. The first-order valence-electron chi connectivity index (χ1n) is 6.19. The van der Waals surface area contributed by atoms with E-state index in [1.54, 1.807) is 0 Å². The van der Waals surface area contributed by atoms with E-state index in [1.165, 1.54) is 0 Å². The molecule has 1 aromatic rings. The molecule has 0 aliphatic carbocycles. The minimum Gasteiger partial charge on any atom is -0.343 e. The zero-order valence-electron chi connectivity index (χ0n) is 10.6. The van der Waals surface area contributed by atoms with Crippen LogP contribution in [0.2, 0.25) is 5.02 Å². The van der Waals surface area contributed by atoms with Crippen molar-refractivity contribution in [3.05, 3.63) is 34.9 Å². The van der Waals surface area contributed by atoms with Crippen molar-refractivity contribution in [3.8, 4) is 0 Å². The number of amides is 1. The molecule has 0 heterocycles. The van der Waals surface area contributed by atoms with Crippen molar-refractivity contribution in [1.29, 1.82) is 0 Å². The van der Waals surface area contributed by atoms with E-state index in [2.05, 4.69) is 6.92 Å². The summed E-state index contributed by atoms with van der Waals surface area (Å²) in [5.74, 6) is 0.197. The van der Waals surface area contributed by atoms with Gasteiger partial charge in [-0.25, -0.2) is 0 Å². The normalized spacial score (nSPS) is 10.3. The van der Waals surface area contributed by atoms with Crippen LogP contribution in [0.5, 0.6) is 0 Å². The minimum absolute atomic E-state index is 0.197. The molecule has 0 aliphatic rings. The topological polar surface area (TPSA) is 20.3 Å². The first-order valence-corrected chi connectivity index (χ1v) is 6.57. The van der Waals surface area contributed by atoms with Gasteiger partial charge in [-0.15, -0.1) is 0 Å². The van der Waals surface area contributed by atoms with Crippen LogP contribution in [0, 0.1) is 0 Å². The maximum absolute atomic E-state index is 12.0. The molecular weight excluding hydrogens is 234 g/mol. The molecule has 17 heavy (non-hydrogen) atoms. The molecule has 1 aromatic carbocycles. The Kier molecular flexibility index (Phi) is 6.06. The molecule has 3 heteroatoms. The summed E-state index contributed by atoms with van der Waals surface area (Å²) in [6.07, 6.45) is 2.65. The van der Waals surface area contributed by atoms with E-state index in [4.69, 9.17) is 11.6 Å².